The second-order valence-electron chi connectivity index (χ2n) is 9.17. The Morgan fingerprint density at radius 3 is 2.47 bits per heavy atom. The second-order valence-corrected chi connectivity index (χ2v) is 9.17. The van der Waals surface area contributed by atoms with Gasteiger partial charge in [0.05, 0.1) is 6.54 Å². The lowest BCUT2D eigenvalue weighted by atomic mass is 9.88. The van der Waals surface area contributed by atoms with Gasteiger partial charge >= 0.3 is 0 Å². The zero-order valence-electron chi connectivity index (χ0n) is 20.4. The fourth-order valence-corrected chi connectivity index (χ4v) is 4.92. The number of carbonyl (C=O) groups excluding carboxylic acids is 1. The molecule has 2 fully saturated rings. The monoisotopic (exact) mass is 441 g/mol. The molecule has 178 valence electrons. The summed E-state index contributed by atoms with van der Waals surface area (Å²) in [5.74, 6) is 1.48. The lowest BCUT2D eigenvalue weighted by Gasteiger charge is -2.26. The van der Waals surface area contributed by atoms with E-state index in [9.17, 15) is 4.79 Å². The van der Waals surface area contributed by atoms with Crippen LogP contribution in [0.25, 0.3) is 0 Å². The predicted octanol–water partition coefficient (Wildman–Crippen LogP) is 3.76. The SMILES string of the molecule is CCNC(=NCc1ccccc1CN(CC)CC)NC1CCN(C(=O)C2CCCCC2)C1. The highest BCUT2D eigenvalue weighted by atomic mass is 16.2. The number of nitrogens with zero attached hydrogens (tertiary/aromatic N) is 3. The molecular formula is C26H43N5O. The van der Waals surface area contributed by atoms with Crippen LogP contribution < -0.4 is 10.6 Å². The van der Waals surface area contributed by atoms with Crippen LogP contribution in [0.4, 0.5) is 0 Å². The summed E-state index contributed by atoms with van der Waals surface area (Å²) in [7, 11) is 0. The number of hydrogen-bond donors (Lipinski definition) is 2. The molecule has 1 aliphatic carbocycles. The van der Waals surface area contributed by atoms with Crippen molar-refractivity contribution in [2.75, 3.05) is 32.7 Å². The van der Waals surface area contributed by atoms with Gasteiger partial charge in [-0.2, -0.15) is 0 Å². The zero-order valence-corrected chi connectivity index (χ0v) is 20.4. The molecule has 0 aromatic heterocycles. The Bertz CT molecular complexity index is 739. The summed E-state index contributed by atoms with van der Waals surface area (Å²) < 4.78 is 0. The van der Waals surface area contributed by atoms with E-state index in [1.807, 2.05) is 0 Å². The van der Waals surface area contributed by atoms with Crippen LogP contribution in [0.1, 0.15) is 70.4 Å². The average molecular weight is 442 g/mol. The molecule has 32 heavy (non-hydrogen) atoms. The van der Waals surface area contributed by atoms with E-state index in [0.717, 1.165) is 64.5 Å². The molecule has 1 heterocycles. The molecule has 1 unspecified atom stereocenters. The predicted molar refractivity (Wildman–Crippen MR) is 133 cm³/mol. The van der Waals surface area contributed by atoms with Crippen molar-refractivity contribution in [2.45, 2.75) is 78.4 Å². The number of carbonyl (C=O) groups is 1. The Hall–Kier alpha value is -2.08. The minimum atomic E-state index is 0.256. The molecule has 1 aromatic carbocycles. The van der Waals surface area contributed by atoms with E-state index >= 15 is 0 Å². The number of benzene rings is 1. The second kappa shape index (κ2) is 12.8. The van der Waals surface area contributed by atoms with E-state index < -0.39 is 0 Å². The van der Waals surface area contributed by atoms with Crippen LogP contribution in [-0.2, 0) is 17.9 Å². The lowest BCUT2D eigenvalue weighted by molar-refractivity contribution is -0.135. The number of nitrogens with one attached hydrogen (secondary N) is 2. The molecule has 2 aliphatic rings. The molecule has 0 bridgehead atoms. The number of rotatable bonds is 9. The summed E-state index contributed by atoms with van der Waals surface area (Å²) >= 11 is 0. The first-order chi connectivity index (χ1) is 15.6. The van der Waals surface area contributed by atoms with Crippen molar-refractivity contribution in [3.05, 3.63) is 35.4 Å². The number of guanidine groups is 1. The Labute approximate surface area is 194 Å². The molecule has 3 rings (SSSR count). The molecule has 2 N–H and O–H groups in total. The van der Waals surface area contributed by atoms with Crippen LogP contribution in [0.15, 0.2) is 29.3 Å². The largest absolute Gasteiger partial charge is 0.357 e. The summed E-state index contributed by atoms with van der Waals surface area (Å²) in [5.41, 5.74) is 2.62. The highest BCUT2D eigenvalue weighted by molar-refractivity contribution is 5.81. The van der Waals surface area contributed by atoms with Crippen LogP contribution in [0.3, 0.4) is 0 Å². The molecule has 1 aliphatic heterocycles. The molecule has 0 spiro atoms. The first-order valence-electron chi connectivity index (χ1n) is 12.8. The van der Waals surface area contributed by atoms with Gasteiger partial charge in [0, 0.05) is 38.1 Å². The molecule has 1 amide bonds. The van der Waals surface area contributed by atoms with Crippen LogP contribution in [0, 0.1) is 5.92 Å². The first kappa shape index (κ1) is 24.6. The minimum absolute atomic E-state index is 0.256. The van der Waals surface area contributed by atoms with Crippen molar-refractivity contribution in [3.8, 4) is 0 Å². The molecular weight excluding hydrogens is 398 g/mol. The number of likely N-dealkylation sites (tertiary alicyclic amines) is 1. The number of amides is 1. The molecule has 1 aromatic rings. The maximum atomic E-state index is 12.9. The van der Waals surface area contributed by atoms with E-state index in [1.54, 1.807) is 0 Å². The zero-order chi connectivity index (χ0) is 22.8. The van der Waals surface area contributed by atoms with Gasteiger partial charge in [0.2, 0.25) is 5.91 Å². The van der Waals surface area contributed by atoms with Gasteiger partial charge in [-0.15, -0.1) is 0 Å². The molecule has 6 nitrogen and oxygen atoms in total. The van der Waals surface area contributed by atoms with Crippen molar-refractivity contribution < 1.29 is 4.79 Å². The van der Waals surface area contributed by atoms with Crippen LogP contribution >= 0.6 is 0 Å². The van der Waals surface area contributed by atoms with Gasteiger partial charge in [-0.25, -0.2) is 4.99 Å². The summed E-state index contributed by atoms with van der Waals surface area (Å²) in [6.45, 7) is 12.7. The van der Waals surface area contributed by atoms with Gasteiger partial charge in [0.25, 0.3) is 0 Å². The maximum absolute atomic E-state index is 12.9. The highest BCUT2D eigenvalue weighted by Gasteiger charge is 2.31. The van der Waals surface area contributed by atoms with Crippen LogP contribution in [0.5, 0.6) is 0 Å². The summed E-state index contributed by atoms with van der Waals surface area (Å²) in [5, 5.41) is 6.99. The van der Waals surface area contributed by atoms with Gasteiger partial charge in [0.15, 0.2) is 5.96 Å². The molecule has 0 radical (unpaired) electrons. The van der Waals surface area contributed by atoms with E-state index in [1.165, 1.54) is 30.4 Å². The van der Waals surface area contributed by atoms with Gasteiger partial charge in [-0.1, -0.05) is 57.4 Å². The van der Waals surface area contributed by atoms with Crippen molar-refractivity contribution >= 4 is 11.9 Å². The van der Waals surface area contributed by atoms with E-state index in [2.05, 4.69) is 65.5 Å². The third-order valence-corrected chi connectivity index (χ3v) is 6.95. The third kappa shape index (κ3) is 6.96. The Balaban J connectivity index is 1.58. The maximum Gasteiger partial charge on any atom is 0.225 e. The van der Waals surface area contributed by atoms with E-state index in [-0.39, 0.29) is 12.0 Å². The minimum Gasteiger partial charge on any atom is -0.357 e. The van der Waals surface area contributed by atoms with Crippen LogP contribution in [0.2, 0.25) is 0 Å². The van der Waals surface area contributed by atoms with E-state index in [4.69, 9.17) is 4.99 Å². The van der Waals surface area contributed by atoms with Crippen LogP contribution in [-0.4, -0.2) is 60.4 Å². The third-order valence-electron chi connectivity index (χ3n) is 6.95. The van der Waals surface area contributed by atoms with Gasteiger partial charge in [-0.3, -0.25) is 9.69 Å². The lowest BCUT2D eigenvalue weighted by Crippen LogP contribution is -2.45. The number of hydrogen-bond acceptors (Lipinski definition) is 3. The van der Waals surface area contributed by atoms with Gasteiger partial charge in [0.1, 0.15) is 0 Å². The Morgan fingerprint density at radius 1 is 1.06 bits per heavy atom. The number of aliphatic imine (C=N–C) groups is 1. The van der Waals surface area contributed by atoms with Crippen molar-refractivity contribution in [1.29, 1.82) is 0 Å². The Kier molecular flexibility index (Phi) is 9.85. The normalized spacial score (nSPS) is 20.1. The molecule has 6 heteroatoms. The molecule has 1 saturated carbocycles. The fraction of sp³-hybridized carbons (Fsp3) is 0.692. The summed E-state index contributed by atoms with van der Waals surface area (Å²) in [6, 6.07) is 8.89. The van der Waals surface area contributed by atoms with E-state index in [0.29, 0.717) is 12.5 Å². The topological polar surface area (TPSA) is 60.0 Å². The standard InChI is InChI=1S/C26H43N5O/c1-4-27-26(28-18-22-14-10-11-15-23(22)19-30(5-2)6-3)29-24-16-17-31(20-24)25(32)21-12-8-7-9-13-21/h10-11,14-15,21,24H,4-9,12-13,16-20H2,1-3H3,(H2,27,28,29). The highest BCUT2D eigenvalue weighted by Crippen LogP contribution is 2.26. The van der Waals surface area contributed by atoms with Gasteiger partial charge < -0.3 is 15.5 Å². The molecule has 1 saturated heterocycles. The average Bonchev–Trinajstić information content (AvgIpc) is 3.30. The fourth-order valence-electron chi connectivity index (χ4n) is 4.92. The quantitative estimate of drug-likeness (QED) is 0.452. The Morgan fingerprint density at radius 2 is 1.78 bits per heavy atom. The smallest absolute Gasteiger partial charge is 0.225 e. The van der Waals surface area contributed by atoms with Crippen molar-refractivity contribution in [3.63, 3.8) is 0 Å². The van der Waals surface area contributed by atoms with Crippen molar-refractivity contribution in [2.24, 2.45) is 10.9 Å². The summed E-state index contributed by atoms with van der Waals surface area (Å²) in [6.07, 6.45) is 6.84. The summed E-state index contributed by atoms with van der Waals surface area (Å²) in [4.78, 5) is 22.3. The first-order valence-corrected chi connectivity index (χ1v) is 12.8. The van der Waals surface area contributed by atoms with Gasteiger partial charge in [-0.05, 0) is 50.4 Å². The molecule has 1 atom stereocenters. The van der Waals surface area contributed by atoms with Crippen molar-refractivity contribution in [1.82, 2.24) is 20.4 Å².